The van der Waals surface area contributed by atoms with Gasteiger partial charge in [0, 0.05) is 18.3 Å². The zero-order valence-electron chi connectivity index (χ0n) is 16.3. The maximum atomic E-state index is 12.5. The summed E-state index contributed by atoms with van der Waals surface area (Å²) in [7, 11) is 0. The number of nitro groups is 1. The number of nitrogens with one attached hydrogen (secondary N) is 2. The predicted octanol–water partition coefficient (Wildman–Crippen LogP) is 3.19. The van der Waals surface area contributed by atoms with Crippen molar-refractivity contribution in [2.24, 2.45) is 5.92 Å². The van der Waals surface area contributed by atoms with Gasteiger partial charge in [0.15, 0.2) is 0 Å². The van der Waals surface area contributed by atoms with Crippen molar-refractivity contribution in [1.29, 1.82) is 0 Å². The van der Waals surface area contributed by atoms with Gasteiger partial charge in [-0.3, -0.25) is 24.6 Å². The molecular formula is C21H24N4O4. The van der Waals surface area contributed by atoms with Gasteiger partial charge in [0.05, 0.1) is 17.4 Å². The lowest BCUT2D eigenvalue weighted by Gasteiger charge is -2.31. The summed E-state index contributed by atoms with van der Waals surface area (Å²) in [6.45, 7) is 2.98. The standard InChI is InChI=1S/C21H24N4O4/c1-15-7-5-11-18(25(28)29)20(15)23-19(26)14-24-12-6-8-16(13-24)21(27)22-17-9-3-2-4-10-17/h2-5,7,9-11,16H,6,8,12-14H2,1H3,(H,22,27)(H,23,26). The number of hydrogen-bond donors (Lipinski definition) is 2. The van der Waals surface area contributed by atoms with Gasteiger partial charge in [-0.1, -0.05) is 30.3 Å². The molecule has 0 radical (unpaired) electrons. The second-order valence-electron chi connectivity index (χ2n) is 7.20. The van der Waals surface area contributed by atoms with E-state index in [9.17, 15) is 19.7 Å². The number of hydrogen-bond acceptors (Lipinski definition) is 5. The van der Waals surface area contributed by atoms with E-state index in [-0.39, 0.29) is 35.7 Å². The summed E-state index contributed by atoms with van der Waals surface area (Å²) in [5.74, 6) is -0.591. The number of anilines is 2. The second-order valence-corrected chi connectivity index (χ2v) is 7.20. The van der Waals surface area contributed by atoms with E-state index in [1.54, 1.807) is 19.1 Å². The van der Waals surface area contributed by atoms with Crippen molar-refractivity contribution in [2.45, 2.75) is 19.8 Å². The topological polar surface area (TPSA) is 105 Å². The fourth-order valence-electron chi connectivity index (χ4n) is 3.53. The largest absolute Gasteiger partial charge is 0.326 e. The van der Waals surface area contributed by atoms with Crippen LogP contribution in [-0.4, -0.2) is 41.3 Å². The minimum Gasteiger partial charge on any atom is -0.326 e. The molecule has 1 atom stereocenters. The van der Waals surface area contributed by atoms with E-state index in [1.807, 2.05) is 35.2 Å². The van der Waals surface area contributed by atoms with Crippen LogP contribution in [0.25, 0.3) is 0 Å². The van der Waals surface area contributed by atoms with Crippen molar-refractivity contribution in [3.8, 4) is 0 Å². The molecule has 0 aromatic heterocycles. The normalized spacial score (nSPS) is 16.8. The van der Waals surface area contributed by atoms with Crippen molar-refractivity contribution in [3.05, 3.63) is 64.2 Å². The number of benzene rings is 2. The van der Waals surface area contributed by atoms with Crippen LogP contribution in [0.5, 0.6) is 0 Å². The molecule has 1 aliphatic heterocycles. The first kappa shape index (κ1) is 20.5. The van der Waals surface area contributed by atoms with Crippen LogP contribution in [0, 0.1) is 23.0 Å². The number of aryl methyl sites for hydroxylation is 1. The molecule has 0 spiro atoms. The summed E-state index contributed by atoms with van der Waals surface area (Å²) in [4.78, 5) is 37.7. The van der Waals surface area contributed by atoms with Gasteiger partial charge in [-0.25, -0.2) is 0 Å². The molecule has 1 fully saturated rings. The molecule has 2 N–H and O–H groups in total. The first-order valence-electron chi connectivity index (χ1n) is 9.56. The maximum absolute atomic E-state index is 12.5. The maximum Gasteiger partial charge on any atom is 0.293 e. The van der Waals surface area contributed by atoms with Crippen molar-refractivity contribution >= 4 is 28.9 Å². The Bertz CT molecular complexity index is 901. The fourth-order valence-corrected chi connectivity index (χ4v) is 3.53. The highest BCUT2D eigenvalue weighted by Gasteiger charge is 2.27. The monoisotopic (exact) mass is 396 g/mol. The Hall–Kier alpha value is -3.26. The number of piperidine rings is 1. The molecule has 8 heteroatoms. The molecular weight excluding hydrogens is 372 g/mol. The predicted molar refractivity (Wildman–Crippen MR) is 111 cm³/mol. The van der Waals surface area contributed by atoms with Gasteiger partial charge in [0.2, 0.25) is 11.8 Å². The molecule has 0 saturated carbocycles. The summed E-state index contributed by atoms with van der Waals surface area (Å²) in [5.41, 5.74) is 1.47. The minimum absolute atomic E-state index is 0.0594. The third-order valence-corrected chi connectivity index (χ3v) is 5.00. The quantitative estimate of drug-likeness (QED) is 0.576. The van der Waals surface area contributed by atoms with E-state index in [0.717, 1.165) is 18.5 Å². The lowest BCUT2D eigenvalue weighted by atomic mass is 9.97. The van der Waals surface area contributed by atoms with E-state index in [4.69, 9.17) is 0 Å². The van der Waals surface area contributed by atoms with Crippen LogP contribution in [0.4, 0.5) is 17.1 Å². The number of carbonyl (C=O) groups excluding carboxylic acids is 2. The Morgan fingerprint density at radius 1 is 1.14 bits per heavy atom. The Balaban J connectivity index is 1.59. The van der Waals surface area contributed by atoms with E-state index in [2.05, 4.69) is 10.6 Å². The lowest BCUT2D eigenvalue weighted by Crippen LogP contribution is -2.44. The molecule has 29 heavy (non-hydrogen) atoms. The van der Waals surface area contributed by atoms with E-state index in [0.29, 0.717) is 18.7 Å². The van der Waals surface area contributed by atoms with Gasteiger partial charge in [-0.05, 0) is 44.0 Å². The molecule has 1 aliphatic rings. The number of rotatable bonds is 6. The summed E-state index contributed by atoms with van der Waals surface area (Å²) in [6, 6.07) is 13.9. The van der Waals surface area contributed by atoms with Crippen LogP contribution in [0.15, 0.2) is 48.5 Å². The van der Waals surface area contributed by atoms with E-state index < -0.39 is 4.92 Å². The number of nitro benzene ring substituents is 1. The number of likely N-dealkylation sites (tertiary alicyclic amines) is 1. The smallest absolute Gasteiger partial charge is 0.293 e. The summed E-state index contributed by atoms with van der Waals surface area (Å²) in [5, 5.41) is 16.8. The molecule has 8 nitrogen and oxygen atoms in total. The zero-order valence-corrected chi connectivity index (χ0v) is 16.3. The summed E-state index contributed by atoms with van der Waals surface area (Å²) < 4.78 is 0. The van der Waals surface area contributed by atoms with Gasteiger partial charge in [0.1, 0.15) is 5.69 Å². The molecule has 1 heterocycles. The van der Waals surface area contributed by atoms with Gasteiger partial charge < -0.3 is 10.6 Å². The van der Waals surface area contributed by atoms with Crippen LogP contribution in [0.1, 0.15) is 18.4 Å². The average molecular weight is 396 g/mol. The zero-order chi connectivity index (χ0) is 20.8. The molecule has 152 valence electrons. The number of para-hydroxylation sites is 2. The first-order valence-corrected chi connectivity index (χ1v) is 9.56. The minimum atomic E-state index is -0.506. The SMILES string of the molecule is Cc1cccc([N+](=O)[O-])c1NC(=O)CN1CCCC(C(=O)Nc2ccccc2)C1. The number of amides is 2. The fraction of sp³-hybridized carbons (Fsp3) is 0.333. The molecule has 0 aliphatic carbocycles. The van der Waals surface area contributed by atoms with Crippen LogP contribution in [-0.2, 0) is 9.59 Å². The van der Waals surface area contributed by atoms with Crippen LogP contribution < -0.4 is 10.6 Å². The summed E-state index contributed by atoms with van der Waals surface area (Å²) >= 11 is 0. The number of carbonyl (C=O) groups is 2. The lowest BCUT2D eigenvalue weighted by molar-refractivity contribution is -0.384. The Morgan fingerprint density at radius 3 is 2.62 bits per heavy atom. The Labute approximate surface area is 169 Å². The molecule has 0 bridgehead atoms. The van der Waals surface area contributed by atoms with Crippen LogP contribution in [0.3, 0.4) is 0 Å². The van der Waals surface area contributed by atoms with Gasteiger partial charge in [-0.2, -0.15) is 0 Å². The van der Waals surface area contributed by atoms with Crippen molar-refractivity contribution in [1.82, 2.24) is 4.90 Å². The molecule has 2 aromatic rings. The molecule has 3 rings (SSSR count). The second kappa shape index (κ2) is 9.29. The highest BCUT2D eigenvalue weighted by Crippen LogP contribution is 2.27. The molecule has 2 amide bonds. The third kappa shape index (κ3) is 5.39. The summed E-state index contributed by atoms with van der Waals surface area (Å²) in [6.07, 6.45) is 1.57. The molecule has 1 saturated heterocycles. The Morgan fingerprint density at radius 2 is 1.90 bits per heavy atom. The van der Waals surface area contributed by atoms with Gasteiger partial charge in [0.25, 0.3) is 5.69 Å². The molecule has 2 aromatic carbocycles. The van der Waals surface area contributed by atoms with Gasteiger partial charge >= 0.3 is 0 Å². The van der Waals surface area contributed by atoms with E-state index in [1.165, 1.54) is 6.07 Å². The van der Waals surface area contributed by atoms with E-state index >= 15 is 0 Å². The van der Waals surface area contributed by atoms with Crippen molar-refractivity contribution in [2.75, 3.05) is 30.3 Å². The average Bonchev–Trinajstić information content (AvgIpc) is 2.70. The van der Waals surface area contributed by atoms with Gasteiger partial charge in [-0.15, -0.1) is 0 Å². The first-order chi connectivity index (χ1) is 13.9. The Kier molecular flexibility index (Phi) is 6.56. The van der Waals surface area contributed by atoms with Crippen molar-refractivity contribution in [3.63, 3.8) is 0 Å². The highest BCUT2D eigenvalue weighted by molar-refractivity contribution is 5.95. The van der Waals surface area contributed by atoms with Crippen LogP contribution >= 0.6 is 0 Å². The van der Waals surface area contributed by atoms with Crippen molar-refractivity contribution < 1.29 is 14.5 Å². The van der Waals surface area contributed by atoms with Crippen LogP contribution in [0.2, 0.25) is 0 Å². The number of nitrogens with zero attached hydrogens (tertiary/aromatic N) is 2. The molecule has 1 unspecified atom stereocenters. The third-order valence-electron chi connectivity index (χ3n) is 5.00. The highest BCUT2D eigenvalue weighted by atomic mass is 16.6.